The van der Waals surface area contributed by atoms with Gasteiger partial charge in [-0.25, -0.2) is 4.98 Å². The van der Waals surface area contributed by atoms with E-state index < -0.39 is 0 Å². The van der Waals surface area contributed by atoms with E-state index in [-0.39, 0.29) is 0 Å². The molecule has 0 amide bonds. The Morgan fingerprint density at radius 2 is 2.25 bits per heavy atom. The second kappa shape index (κ2) is 4.52. The second-order valence-electron chi connectivity index (χ2n) is 4.70. The van der Waals surface area contributed by atoms with Gasteiger partial charge in [0.2, 0.25) is 0 Å². The van der Waals surface area contributed by atoms with E-state index >= 15 is 0 Å². The standard InChI is InChI=1S/C13H17N3/c1-10-3-4-11(2)16(9-10)13-7-12(8-14)5-6-15-13/h5-7,10-11H,3-4,9H2,1-2H3. The number of anilines is 1. The van der Waals surface area contributed by atoms with Gasteiger partial charge in [0.25, 0.3) is 0 Å². The number of rotatable bonds is 1. The maximum Gasteiger partial charge on any atom is 0.130 e. The van der Waals surface area contributed by atoms with E-state index in [2.05, 4.69) is 29.8 Å². The minimum atomic E-state index is 0.526. The fourth-order valence-electron chi connectivity index (χ4n) is 2.25. The molecule has 0 radical (unpaired) electrons. The maximum atomic E-state index is 8.88. The van der Waals surface area contributed by atoms with Crippen LogP contribution in [0.4, 0.5) is 5.82 Å². The predicted octanol–water partition coefficient (Wildman–Crippen LogP) is 2.58. The van der Waals surface area contributed by atoms with Crippen molar-refractivity contribution in [2.24, 2.45) is 5.92 Å². The van der Waals surface area contributed by atoms with E-state index in [0.717, 1.165) is 12.4 Å². The molecule has 2 heterocycles. The normalized spacial score (nSPS) is 25.2. The van der Waals surface area contributed by atoms with E-state index in [9.17, 15) is 0 Å². The summed E-state index contributed by atoms with van der Waals surface area (Å²) in [5.41, 5.74) is 0.690. The molecule has 3 nitrogen and oxygen atoms in total. The van der Waals surface area contributed by atoms with Crippen molar-refractivity contribution in [1.82, 2.24) is 4.98 Å². The van der Waals surface area contributed by atoms with Gasteiger partial charge in [0, 0.05) is 18.8 Å². The molecular weight excluding hydrogens is 198 g/mol. The number of nitrogens with zero attached hydrogens (tertiary/aromatic N) is 3. The van der Waals surface area contributed by atoms with Crippen LogP contribution in [0, 0.1) is 17.2 Å². The molecule has 0 N–H and O–H groups in total. The average Bonchev–Trinajstić information content (AvgIpc) is 2.32. The Morgan fingerprint density at radius 1 is 1.44 bits per heavy atom. The second-order valence-corrected chi connectivity index (χ2v) is 4.70. The molecule has 0 aromatic carbocycles. The third-order valence-corrected chi connectivity index (χ3v) is 3.29. The Bertz CT molecular complexity index is 408. The summed E-state index contributed by atoms with van der Waals surface area (Å²) < 4.78 is 0. The van der Waals surface area contributed by atoms with Gasteiger partial charge < -0.3 is 4.90 Å². The van der Waals surface area contributed by atoms with Crippen molar-refractivity contribution in [1.29, 1.82) is 5.26 Å². The van der Waals surface area contributed by atoms with E-state index in [0.29, 0.717) is 17.5 Å². The summed E-state index contributed by atoms with van der Waals surface area (Å²) in [6.07, 6.45) is 4.22. The Labute approximate surface area is 96.7 Å². The van der Waals surface area contributed by atoms with E-state index in [4.69, 9.17) is 5.26 Å². The molecule has 1 aliphatic heterocycles. The lowest BCUT2D eigenvalue weighted by molar-refractivity contribution is 0.388. The molecule has 2 unspecified atom stereocenters. The van der Waals surface area contributed by atoms with Crippen molar-refractivity contribution >= 4 is 5.82 Å². The molecule has 1 fully saturated rings. The van der Waals surface area contributed by atoms with Gasteiger partial charge in [-0.05, 0) is 37.8 Å². The quantitative estimate of drug-likeness (QED) is 0.723. The first-order valence-corrected chi connectivity index (χ1v) is 5.83. The largest absolute Gasteiger partial charge is 0.354 e. The number of nitriles is 1. The van der Waals surface area contributed by atoms with Crippen molar-refractivity contribution in [2.75, 3.05) is 11.4 Å². The van der Waals surface area contributed by atoms with Crippen LogP contribution in [0.25, 0.3) is 0 Å². The first kappa shape index (κ1) is 10.9. The molecule has 3 heteroatoms. The monoisotopic (exact) mass is 215 g/mol. The molecule has 1 aliphatic rings. The molecule has 1 aromatic rings. The van der Waals surface area contributed by atoms with Crippen LogP contribution in [-0.2, 0) is 0 Å². The van der Waals surface area contributed by atoms with Crippen molar-refractivity contribution in [3.05, 3.63) is 23.9 Å². The fourth-order valence-corrected chi connectivity index (χ4v) is 2.25. The summed E-state index contributed by atoms with van der Waals surface area (Å²) in [5, 5.41) is 8.88. The van der Waals surface area contributed by atoms with Crippen LogP contribution in [0.2, 0.25) is 0 Å². The van der Waals surface area contributed by atoms with Crippen LogP contribution in [0.1, 0.15) is 32.3 Å². The summed E-state index contributed by atoms with van der Waals surface area (Å²) in [6, 6.07) is 6.33. The molecule has 0 bridgehead atoms. The number of hydrogen-bond acceptors (Lipinski definition) is 3. The molecule has 0 saturated carbocycles. The SMILES string of the molecule is CC1CCC(C)N(c2cc(C#N)ccn2)C1. The summed E-state index contributed by atoms with van der Waals surface area (Å²) in [7, 11) is 0. The highest BCUT2D eigenvalue weighted by Gasteiger charge is 2.23. The first-order valence-electron chi connectivity index (χ1n) is 5.83. The van der Waals surface area contributed by atoms with Crippen LogP contribution in [0.5, 0.6) is 0 Å². The number of hydrogen-bond donors (Lipinski definition) is 0. The van der Waals surface area contributed by atoms with Crippen LogP contribution in [-0.4, -0.2) is 17.6 Å². The summed E-state index contributed by atoms with van der Waals surface area (Å²) in [4.78, 5) is 6.69. The van der Waals surface area contributed by atoms with Gasteiger partial charge in [-0.15, -0.1) is 0 Å². The zero-order chi connectivity index (χ0) is 11.5. The van der Waals surface area contributed by atoms with Gasteiger partial charge in [-0.2, -0.15) is 5.26 Å². The van der Waals surface area contributed by atoms with Crippen molar-refractivity contribution < 1.29 is 0 Å². The zero-order valence-corrected chi connectivity index (χ0v) is 9.85. The average molecular weight is 215 g/mol. The molecular formula is C13H17N3. The van der Waals surface area contributed by atoms with Gasteiger partial charge in [-0.1, -0.05) is 6.92 Å². The molecule has 84 valence electrons. The number of aromatic nitrogens is 1. The van der Waals surface area contributed by atoms with Crippen LogP contribution in [0.15, 0.2) is 18.3 Å². The van der Waals surface area contributed by atoms with Gasteiger partial charge in [-0.3, -0.25) is 0 Å². The highest BCUT2D eigenvalue weighted by Crippen LogP contribution is 2.26. The van der Waals surface area contributed by atoms with Gasteiger partial charge in [0.05, 0.1) is 11.6 Å². The lowest BCUT2D eigenvalue weighted by Gasteiger charge is -2.37. The van der Waals surface area contributed by atoms with Crippen LogP contribution >= 0.6 is 0 Å². The predicted molar refractivity (Wildman–Crippen MR) is 64.2 cm³/mol. The molecule has 1 aromatic heterocycles. The van der Waals surface area contributed by atoms with E-state index in [1.54, 1.807) is 12.3 Å². The number of piperidine rings is 1. The van der Waals surface area contributed by atoms with Crippen molar-refractivity contribution in [2.45, 2.75) is 32.7 Å². The van der Waals surface area contributed by atoms with Crippen LogP contribution < -0.4 is 4.90 Å². The Hall–Kier alpha value is -1.56. The Kier molecular flexibility index (Phi) is 3.09. The Morgan fingerprint density at radius 3 is 3.00 bits per heavy atom. The van der Waals surface area contributed by atoms with Gasteiger partial charge in [0.1, 0.15) is 5.82 Å². The molecule has 1 saturated heterocycles. The third-order valence-electron chi connectivity index (χ3n) is 3.29. The van der Waals surface area contributed by atoms with E-state index in [1.165, 1.54) is 12.8 Å². The molecule has 0 aliphatic carbocycles. The van der Waals surface area contributed by atoms with Gasteiger partial charge >= 0.3 is 0 Å². The highest BCUT2D eigenvalue weighted by atomic mass is 15.2. The fraction of sp³-hybridized carbons (Fsp3) is 0.538. The first-order chi connectivity index (χ1) is 7.70. The smallest absolute Gasteiger partial charge is 0.130 e. The minimum absolute atomic E-state index is 0.526. The van der Waals surface area contributed by atoms with Crippen molar-refractivity contribution in [3.63, 3.8) is 0 Å². The highest BCUT2D eigenvalue weighted by molar-refractivity contribution is 5.46. The minimum Gasteiger partial charge on any atom is -0.354 e. The lowest BCUT2D eigenvalue weighted by Crippen LogP contribution is -2.41. The zero-order valence-electron chi connectivity index (χ0n) is 9.85. The van der Waals surface area contributed by atoms with Crippen LogP contribution in [0.3, 0.4) is 0 Å². The maximum absolute atomic E-state index is 8.88. The number of pyridine rings is 1. The molecule has 0 spiro atoms. The van der Waals surface area contributed by atoms with E-state index in [1.807, 2.05) is 6.07 Å². The molecule has 2 atom stereocenters. The summed E-state index contributed by atoms with van der Waals surface area (Å²) in [6.45, 7) is 5.54. The lowest BCUT2D eigenvalue weighted by atomic mass is 9.95. The molecule has 2 rings (SSSR count). The summed E-state index contributed by atoms with van der Waals surface area (Å²) >= 11 is 0. The summed E-state index contributed by atoms with van der Waals surface area (Å²) in [5.74, 6) is 1.65. The van der Waals surface area contributed by atoms with Crippen molar-refractivity contribution in [3.8, 4) is 6.07 Å². The van der Waals surface area contributed by atoms with Gasteiger partial charge in [0.15, 0.2) is 0 Å². The molecule has 16 heavy (non-hydrogen) atoms. The third kappa shape index (κ3) is 2.16. The Balaban J connectivity index is 2.25. The topological polar surface area (TPSA) is 39.9 Å².